The molecule has 3 heteroatoms. The minimum Gasteiger partial charge on any atom is -0.464 e. The van der Waals surface area contributed by atoms with Crippen molar-refractivity contribution in [3.63, 3.8) is 0 Å². The molecule has 0 bridgehead atoms. The van der Waals surface area contributed by atoms with E-state index in [1.807, 2.05) is 18.2 Å². The van der Waals surface area contributed by atoms with E-state index in [0.717, 1.165) is 32.2 Å². The molecule has 110 valence electrons. The second-order valence-electron chi connectivity index (χ2n) is 5.67. The number of carbonyl (C=O) groups excluding carboxylic acids is 1. The Hall–Kier alpha value is -1.35. The van der Waals surface area contributed by atoms with Gasteiger partial charge in [-0.3, -0.25) is 4.79 Å². The third-order valence-electron chi connectivity index (χ3n) is 4.24. The van der Waals surface area contributed by atoms with Crippen molar-refractivity contribution in [3.8, 4) is 0 Å². The molecule has 1 heterocycles. The van der Waals surface area contributed by atoms with Crippen molar-refractivity contribution in [2.45, 2.75) is 52.1 Å². The first-order chi connectivity index (χ1) is 9.73. The normalized spacial score (nSPS) is 20.9. The van der Waals surface area contributed by atoms with E-state index in [1.165, 1.54) is 5.56 Å². The molecule has 1 aliphatic rings. The Morgan fingerprint density at radius 3 is 2.45 bits per heavy atom. The Morgan fingerprint density at radius 1 is 1.20 bits per heavy atom. The van der Waals surface area contributed by atoms with Crippen LogP contribution in [-0.4, -0.2) is 18.6 Å². The van der Waals surface area contributed by atoms with Crippen LogP contribution in [0.15, 0.2) is 30.3 Å². The molecule has 0 aliphatic carbocycles. The summed E-state index contributed by atoms with van der Waals surface area (Å²) in [4.78, 5) is 12.2. The van der Waals surface area contributed by atoms with Gasteiger partial charge >= 0.3 is 5.97 Å². The molecule has 3 nitrogen and oxygen atoms in total. The van der Waals surface area contributed by atoms with Crippen LogP contribution in [0, 0.1) is 5.41 Å². The quantitative estimate of drug-likeness (QED) is 0.776. The van der Waals surface area contributed by atoms with E-state index in [9.17, 15) is 4.79 Å². The molecule has 0 saturated carbocycles. The molecule has 0 unspecified atom stereocenters. The SMILES string of the molecule is CCCC1(CCC)C(=O)OC[C@@H]1NCc1ccccc1. The summed E-state index contributed by atoms with van der Waals surface area (Å²) in [5.74, 6) is -0.00763. The van der Waals surface area contributed by atoms with Crippen molar-refractivity contribution >= 4 is 5.97 Å². The van der Waals surface area contributed by atoms with Crippen LogP contribution in [0.3, 0.4) is 0 Å². The lowest BCUT2D eigenvalue weighted by Gasteiger charge is -2.31. The monoisotopic (exact) mass is 275 g/mol. The molecule has 1 fully saturated rings. The lowest BCUT2D eigenvalue weighted by molar-refractivity contribution is -0.147. The van der Waals surface area contributed by atoms with Gasteiger partial charge in [0, 0.05) is 6.54 Å². The highest BCUT2D eigenvalue weighted by Crippen LogP contribution is 2.39. The van der Waals surface area contributed by atoms with Crippen molar-refractivity contribution in [2.75, 3.05) is 6.61 Å². The molecule has 0 spiro atoms. The van der Waals surface area contributed by atoms with Crippen LogP contribution in [0.1, 0.15) is 45.1 Å². The van der Waals surface area contributed by atoms with Crippen LogP contribution >= 0.6 is 0 Å². The topological polar surface area (TPSA) is 38.3 Å². The predicted molar refractivity (Wildman–Crippen MR) is 80.3 cm³/mol. The summed E-state index contributed by atoms with van der Waals surface area (Å²) in [6.07, 6.45) is 3.84. The lowest BCUT2D eigenvalue weighted by Crippen LogP contribution is -2.45. The molecule has 1 aliphatic heterocycles. The van der Waals surface area contributed by atoms with E-state index in [0.29, 0.717) is 6.61 Å². The number of hydrogen-bond acceptors (Lipinski definition) is 3. The summed E-state index contributed by atoms with van der Waals surface area (Å²) in [5, 5.41) is 3.54. The summed E-state index contributed by atoms with van der Waals surface area (Å²) in [5.41, 5.74) is 0.923. The minimum atomic E-state index is -0.321. The largest absolute Gasteiger partial charge is 0.464 e. The molecule has 0 amide bonds. The van der Waals surface area contributed by atoms with Crippen molar-refractivity contribution in [2.24, 2.45) is 5.41 Å². The van der Waals surface area contributed by atoms with E-state index >= 15 is 0 Å². The molecule has 1 aromatic rings. The van der Waals surface area contributed by atoms with E-state index in [-0.39, 0.29) is 17.4 Å². The van der Waals surface area contributed by atoms with Gasteiger partial charge in [-0.15, -0.1) is 0 Å². The number of benzene rings is 1. The number of ether oxygens (including phenoxy) is 1. The molecular weight excluding hydrogens is 250 g/mol. The third kappa shape index (κ3) is 3.04. The van der Waals surface area contributed by atoms with Crippen LogP contribution in [0.25, 0.3) is 0 Å². The summed E-state index contributed by atoms with van der Waals surface area (Å²) in [7, 11) is 0. The van der Waals surface area contributed by atoms with Gasteiger partial charge in [-0.2, -0.15) is 0 Å². The van der Waals surface area contributed by atoms with Crippen LogP contribution in [0.4, 0.5) is 0 Å². The summed E-state index contributed by atoms with van der Waals surface area (Å²) in [6.45, 7) is 5.57. The number of nitrogens with one attached hydrogen (secondary N) is 1. The van der Waals surface area contributed by atoms with E-state index in [2.05, 4.69) is 31.3 Å². The molecule has 2 rings (SSSR count). The molecule has 1 aromatic carbocycles. The van der Waals surface area contributed by atoms with Gasteiger partial charge in [-0.05, 0) is 18.4 Å². The second-order valence-corrected chi connectivity index (χ2v) is 5.67. The Labute approximate surface area is 121 Å². The zero-order valence-electron chi connectivity index (χ0n) is 12.5. The molecule has 1 saturated heterocycles. The number of rotatable bonds is 7. The molecule has 0 aromatic heterocycles. The van der Waals surface area contributed by atoms with Crippen molar-refractivity contribution in [1.29, 1.82) is 0 Å². The maximum absolute atomic E-state index is 12.2. The van der Waals surface area contributed by atoms with Crippen LogP contribution < -0.4 is 5.32 Å². The van der Waals surface area contributed by atoms with Gasteiger partial charge < -0.3 is 10.1 Å². The van der Waals surface area contributed by atoms with Gasteiger partial charge in [0.05, 0.1) is 11.5 Å². The first-order valence-electron chi connectivity index (χ1n) is 7.67. The summed E-state index contributed by atoms with van der Waals surface area (Å²) < 4.78 is 5.37. The first kappa shape index (κ1) is 15.0. The highest BCUT2D eigenvalue weighted by Gasteiger charge is 2.50. The molecule has 20 heavy (non-hydrogen) atoms. The first-order valence-corrected chi connectivity index (χ1v) is 7.67. The standard InChI is InChI=1S/C17H25NO2/c1-3-10-17(11-4-2)15(13-20-16(17)19)18-12-14-8-6-5-7-9-14/h5-9,15,18H,3-4,10-13H2,1-2H3/t15-/m0/s1. The van der Waals surface area contributed by atoms with E-state index < -0.39 is 0 Å². The Balaban J connectivity index is 2.06. The summed E-state index contributed by atoms with van der Waals surface area (Å²) >= 11 is 0. The van der Waals surface area contributed by atoms with Crippen LogP contribution in [0.2, 0.25) is 0 Å². The van der Waals surface area contributed by atoms with Gasteiger partial charge in [-0.1, -0.05) is 57.0 Å². The fourth-order valence-corrected chi connectivity index (χ4v) is 3.27. The van der Waals surface area contributed by atoms with Gasteiger partial charge in [0.2, 0.25) is 0 Å². The third-order valence-corrected chi connectivity index (χ3v) is 4.24. The van der Waals surface area contributed by atoms with Crippen LogP contribution in [0.5, 0.6) is 0 Å². The molecule has 1 N–H and O–H groups in total. The highest BCUT2D eigenvalue weighted by molar-refractivity contribution is 5.80. The zero-order chi connectivity index (χ0) is 14.4. The fourth-order valence-electron chi connectivity index (χ4n) is 3.27. The average Bonchev–Trinajstić information content (AvgIpc) is 2.76. The number of hydrogen-bond donors (Lipinski definition) is 1. The number of carbonyl (C=O) groups is 1. The maximum Gasteiger partial charge on any atom is 0.313 e. The molecule has 1 atom stereocenters. The van der Waals surface area contributed by atoms with E-state index in [4.69, 9.17) is 4.74 Å². The van der Waals surface area contributed by atoms with Gasteiger partial charge in [0.25, 0.3) is 0 Å². The lowest BCUT2D eigenvalue weighted by atomic mass is 9.74. The molecular formula is C17H25NO2. The van der Waals surface area contributed by atoms with E-state index in [1.54, 1.807) is 0 Å². The van der Waals surface area contributed by atoms with Gasteiger partial charge in [0.1, 0.15) is 6.61 Å². The Morgan fingerprint density at radius 2 is 1.85 bits per heavy atom. The fraction of sp³-hybridized carbons (Fsp3) is 0.588. The highest BCUT2D eigenvalue weighted by atomic mass is 16.5. The predicted octanol–water partition coefficient (Wildman–Crippen LogP) is 3.29. The number of cyclic esters (lactones) is 1. The Kier molecular flexibility index (Phi) is 5.18. The Bertz CT molecular complexity index is 424. The van der Waals surface area contributed by atoms with Gasteiger partial charge in [-0.25, -0.2) is 0 Å². The van der Waals surface area contributed by atoms with Crippen molar-refractivity contribution < 1.29 is 9.53 Å². The zero-order valence-corrected chi connectivity index (χ0v) is 12.5. The van der Waals surface area contributed by atoms with Crippen molar-refractivity contribution in [3.05, 3.63) is 35.9 Å². The smallest absolute Gasteiger partial charge is 0.313 e. The maximum atomic E-state index is 12.2. The number of esters is 1. The van der Waals surface area contributed by atoms with Gasteiger partial charge in [0.15, 0.2) is 0 Å². The second kappa shape index (κ2) is 6.89. The molecule has 0 radical (unpaired) electrons. The summed E-state index contributed by atoms with van der Waals surface area (Å²) in [6, 6.07) is 10.4. The average molecular weight is 275 g/mol. The van der Waals surface area contributed by atoms with Crippen molar-refractivity contribution in [1.82, 2.24) is 5.32 Å². The minimum absolute atomic E-state index is 0.00763. The van der Waals surface area contributed by atoms with Crippen LogP contribution in [-0.2, 0) is 16.1 Å².